The zero-order valence-electron chi connectivity index (χ0n) is 7.78. The number of benzene rings is 2. The lowest BCUT2D eigenvalue weighted by Gasteiger charge is -2.02. The number of hydrogen-bond donors (Lipinski definition) is 0. The van der Waals surface area contributed by atoms with E-state index in [1.54, 1.807) is 23.9 Å². The van der Waals surface area contributed by atoms with Crippen LogP contribution in [0.3, 0.4) is 0 Å². The van der Waals surface area contributed by atoms with Crippen LogP contribution in [0.2, 0.25) is 0 Å². The van der Waals surface area contributed by atoms with E-state index in [0.29, 0.717) is 4.47 Å². The Bertz CT molecular complexity index is 456. The van der Waals surface area contributed by atoms with Gasteiger partial charge in [0.1, 0.15) is 5.82 Å². The van der Waals surface area contributed by atoms with E-state index in [1.807, 2.05) is 30.3 Å². The summed E-state index contributed by atoms with van der Waals surface area (Å²) in [4.78, 5) is 2.17. The van der Waals surface area contributed by atoms with E-state index in [1.165, 1.54) is 6.07 Å². The highest BCUT2D eigenvalue weighted by atomic mass is 79.9. The predicted octanol–water partition coefficient (Wildman–Crippen LogP) is 4.74. The molecule has 2 rings (SSSR count). The van der Waals surface area contributed by atoms with Crippen molar-refractivity contribution < 1.29 is 4.39 Å². The van der Waals surface area contributed by atoms with Gasteiger partial charge in [0.25, 0.3) is 0 Å². The average Bonchev–Trinajstić information content (AvgIpc) is 2.25. The topological polar surface area (TPSA) is 0 Å². The van der Waals surface area contributed by atoms with Crippen LogP contribution < -0.4 is 0 Å². The Morgan fingerprint density at radius 3 is 2.33 bits per heavy atom. The molecule has 0 atom stereocenters. The van der Waals surface area contributed by atoms with Crippen molar-refractivity contribution in [2.24, 2.45) is 0 Å². The molecule has 0 heterocycles. The van der Waals surface area contributed by atoms with Crippen molar-refractivity contribution >= 4 is 27.7 Å². The van der Waals surface area contributed by atoms with Crippen LogP contribution in [-0.2, 0) is 0 Å². The molecule has 0 bridgehead atoms. The molecule has 0 nitrogen and oxygen atoms in total. The Morgan fingerprint density at radius 1 is 0.933 bits per heavy atom. The van der Waals surface area contributed by atoms with Crippen LogP contribution in [0.4, 0.5) is 4.39 Å². The highest BCUT2D eigenvalue weighted by Crippen LogP contribution is 2.30. The van der Waals surface area contributed by atoms with Crippen LogP contribution in [0.15, 0.2) is 62.8 Å². The van der Waals surface area contributed by atoms with Crippen molar-refractivity contribution in [3.63, 3.8) is 0 Å². The zero-order chi connectivity index (χ0) is 10.7. The number of rotatable bonds is 2. The molecule has 3 heteroatoms. The summed E-state index contributed by atoms with van der Waals surface area (Å²) in [7, 11) is 0. The van der Waals surface area contributed by atoms with Gasteiger partial charge in [-0.25, -0.2) is 4.39 Å². The molecule has 15 heavy (non-hydrogen) atoms. The number of hydrogen-bond acceptors (Lipinski definition) is 1. The van der Waals surface area contributed by atoms with Gasteiger partial charge in [0.05, 0.1) is 4.47 Å². The summed E-state index contributed by atoms with van der Waals surface area (Å²) in [5.41, 5.74) is 0. The summed E-state index contributed by atoms with van der Waals surface area (Å²) < 4.78 is 13.5. The highest BCUT2D eigenvalue weighted by molar-refractivity contribution is 9.10. The van der Waals surface area contributed by atoms with Crippen molar-refractivity contribution in [1.29, 1.82) is 0 Å². The Balaban J connectivity index is 2.22. The lowest BCUT2D eigenvalue weighted by atomic mass is 10.3. The molecule has 0 saturated carbocycles. The van der Waals surface area contributed by atoms with Crippen LogP contribution >= 0.6 is 27.7 Å². The third-order valence-corrected chi connectivity index (χ3v) is 3.48. The molecule has 0 aromatic heterocycles. The third kappa shape index (κ3) is 2.83. The third-order valence-electron chi connectivity index (χ3n) is 1.87. The summed E-state index contributed by atoms with van der Waals surface area (Å²) in [5.74, 6) is -0.229. The van der Waals surface area contributed by atoms with E-state index in [2.05, 4.69) is 15.9 Å². The monoisotopic (exact) mass is 282 g/mol. The van der Waals surface area contributed by atoms with Gasteiger partial charge in [0.15, 0.2) is 0 Å². The van der Waals surface area contributed by atoms with Crippen LogP contribution in [0.25, 0.3) is 0 Å². The molecule has 0 unspecified atom stereocenters. The van der Waals surface area contributed by atoms with E-state index < -0.39 is 0 Å². The fourth-order valence-electron chi connectivity index (χ4n) is 1.16. The molecule has 0 aliphatic heterocycles. The van der Waals surface area contributed by atoms with E-state index in [0.717, 1.165) is 9.79 Å². The maximum absolute atomic E-state index is 13.0. The van der Waals surface area contributed by atoms with E-state index >= 15 is 0 Å². The van der Waals surface area contributed by atoms with Crippen molar-refractivity contribution in [3.05, 3.63) is 58.8 Å². The maximum Gasteiger partial charge on any atom is 0.137 e. The van der Waals surface area contributed by atoms with Gasteiger partial charge >= 0.3 is 0 Å². The molecule has 0 aliphatic carbocycles. The van der Waals surface area contributed by atoms with E-state index in [4.69, 9.17) is 0 Å². The van der Waals surface area contributed by atoms with Crippen LogP contribution in [0.1, 0.15) is 0 Å². The van der Waals surface area contributed by atoms with Crippen molar-refractivity contribution in [2.45, 2.75) is 9.79 Å². The minimum atomic E-state index is -0.229. The van der Waals surface area contributed by atoms with Gasteiger partial charge in [-0.15, -0.1) is 0 Å². The van der Waals surface area contributed by atoms with Gasteiger partial charge in [-0.1, -0.05) is 30.0 Å². The quantitative estimate of drug-likeness (QED) is 0.767. The molecule has 76 valence electrons. The predicted molar refractivity (Wildman–Crippen MR) is 64.7 cm³/mol. The molecular weight excluding hydrogens is 275 g/mol. The second-order valence-corrected chi connectivity index (χ2v) is 4.99. The first kappa shape index (κ1) is 10.7. The summed E-state index contributed by atoms with van der Waals surface area (Å²) in [6.45, 7) is 0. The summed E-state index contributed by atoms with van der Waals surface area (Å²) in [6.07, 6.45) is 0. The second-order valence-electron chi connectivity index (χ2n) is 2.99. The summed E-state index contributed by atoms with van der Waals surface area (Å²) >= 11 is 4.78. The van der Waals surface area contributed by atoms with Gasteiger partial charge in [0.2, 0.25) is 0 Å². The molecule has 0 saturated heterocycles. The second kappa shape index (κ2) is 4.81. The normalized spacial score (nSPS) is 10.3. The largest absolute Gasteiger partial charge is 0.206 e. The Morgan fingerprint density at radius 2 is 1.67 bits per heavy atom. The standard InChI is InChI=1S/C12H8BrFS/c13-11-8-10(6-7-12(11)14)15-9-4-2-1-3-5-9/h1-8H. The lowest BCUT2D eigenvalue weighted by Crippen LogP contribution is -1.78. The Kier molecular flexibility index (Phi) is 3.44. The highest BCUT2D eigenvalue weighted by Gasteiger charge is 2.01. The molecule has 0 N–H and O–H groups in total. The Hall–Kier alpha value is -0.800. The maximum atomic E-state index is 13.0. The van der Waals surface area contributed by atoms with Gasteiger partial charge in [-0.3, -0.25) is 0 Å². The first-order chi connectivity index (χ1) is 7.25. The van der Waals surface area contributed by atoms with Gasteiger partial charge in [-0.2, -0.15) is 0 Å². The minimum absolute atomic E-state index is 0.229. The molecule has 0 fully saturated rings. The minimum Gasteiger partial charge on any atom is -0.206 e. The molecule has 0 aliphatic rings. The van der Waals surface area contributed by atoms with Gasteiger partial charge in [0, 0.05) is 9.79 Å². The SMILES string of the molecule is Fc1ccc(Sc2ccccc2)cc1Br. The molecule has 0 amide bonds. The van der Waals surface area contributed by atoms with Gasteiger partial charge in [-0.05, 0) is 46.3 Å². The van der Waals surface area contributed by atoms with E-state index in [9.17, 15) is 4.39 Å². The average molecular weight is 283 g/mol. The summed E-state index contributed by atoms with van der Waals surface area (Å²) in [6, 6.07) is 15.0. The molecule has 2 aromatic rings. The fraction of sp³-hybridized carbons (Fsp3) is 0. The van der Waals surface area contributed by atoms with Crippen molar-refractivity contribution in [3.8, 4) is 0 Å². The summed E-state index contributed by atoms with van der Waals surface area (Å²) in [5, 5.41) is 0. The molecule has 0 spiro atoms. The number of halogens is 2. The molecule has 2 aromatic carbocycles. The van der Waals surface area contributed by atoms with Crippen molar-refractivity contribution in [2.75, 3.05) is 0 Å². The first-order valence-corrected chi connectivity index (χ1v) is 6.04. The smallest absolute Gasteiger partial charge is 0.137 e. The van der Waals surface area contributed by atoms with Crippen LogP contribution in [0.5, 0.6) is 0 Å². The van der Waals surface area contributed by atoms with Crippen LogP contribution in [-0.4, -0.2) is 0 Å². The lowest BCUT2D eigenvalue weighted by molar-refractivity contribution is 0.619. The molecule has 0 radical (unpaired) electrons. The van der Waals surface area contributed by atoms with Gasteiger partial charge < -0.3 is 0 Å². The van der Waals surface area contributed by atoms with Crippen molar-refractivity contribution in [1.82, 2.24) is 0 Å². The zero-order valence-corrected chi connectivity index (χ0v) is 10.2. The Labute approximate surface area is 101 Å². The van der Waals surface area contributed by atoms with E-state index in [-0.39, 0.29) is 5.82 Å². The first-order valence-electron chi connectivity index (χ1n) is 4.43. The molecular formula is C12H8BrFS. The fourth-order valence-corrected chi connectivity index (χ4v) is 2.57. The van der Waals surface area contributed by atoms with Crippen LogP contribution in [0, 0.1) is 5.82 Å².